The summed E-state index contributed by atoms with van der Waals surface area (Å²) in [5, 5.41) is 2.41. The van der Waals surface area contributed by atoms with Gasteiger partial charge in [-0.1, -0.05) is 0 Å². The molecular weight excluding hydrogens is 321 g/mol. The highest BCUT2D eigenvalue weighted by Gasteiger charge is 2.08. The molecule has 1 rings (SSSR count). The van der Waals surface area contributed by atoms with E-state index in [0.717, 1.165) is 0 Å². The Hall–Kier alpha value is -0.620. The molecule has 0 saturated carbocycles. The first-order valence-corrected chi connectivity index (χ1v) is 5.12. The third kappa shape index (κ3) is 2.68. The molecule has 0 spiro atoms. The first-order chi connectivity index (χ1) is 6.54. The largest absolute Gasteiger partial charge is 0.453 e. The predicted octanol–water partition coefficient (Wildman–Crippen LogP) is 3.53. The number of halogens is 3. The summed E-state index contributed by atoms with van der Waals surface area (Å²) in [7, 11) is 1.25. The first-order valence-electron chi connectivity index (χ1n) is 3.54. The summed E-state index contributed by atoms with van der Waals surface area (Å²) >= 11 is 6.02. The fourth-order valence-corrected chi connectivity index (χ4v) is 1.98. The second-order valence-electron chi connectivity index (χ2n) is 2.37. The normalized spacial score (nSPS) is 9.71. The van der Waals surface area contributed by atoms with E-state index >= 15 is 0 Å². The quantitative estimate of drug-likeness (QED) is 0.802. The molecule has 0 fully saturated rings. The maximum atomic E-state index is 13.1. The summed E-state index contributed by atoms with van der Waals surface area (Å²) in [4.78, 5) is 10.8. The fourth-order valence-electron chi connectivity index (χ4n) is 0.797. The van der Waals surface area contributed by atoms with E-state index in [4.69, 9.17) is 0 Å². The third-order valence-electron chi connectivity index (χ3n) is 1.42. The number of methoxy groups -OCH3 is 1. The van der Waals surface area contributed by atoms with Crippen molar-refractivity contribution in [3.05, 3.63) is 26.9 Å². The molecule has 0 aromatic heterocycles. The lowest BCUT2D eigenvalue weighted by molar-refractivity contribution is 0.187. The summed E-state index contributed by atoms with van der Waals surface area (Å²) in [6.07, 6.45) is -0.601. The van der Waals surface area contributed by atoms with Gasteiger partial charge in [-0.15, -0.1) is 0 Å². The molecule has 0 aliphatic heterocycles. The molecule has 76 valence electrons. The molecule has 0 radical (unpaired) electrons. The van der Waals surface area contributed by atoms with Crippen LogP contribution in [-0.4, -0.2) is 13.2 Å². The minimum Gasteiger partial charge on any atom is -0.453 e. The van der Waals surface area contributed by atoms with Crippen molar-refractivity contribution in [2.45, 2.75) is 0 Å². The van der Waals surface area contributed by atoms with Gasteiger partial charge in [-0.25, -0.2) is 9.18 Å². The first kappa shape index (κ1) is 11.5. The molecule has 0 saturated heterocycles. The number of carbonyl (C=O) groups excluding carboxylic acids is 1. The lowest BCUT2D eigenvalue weighted by atomic mass is 10.3. The Balaban J connectivity index is 2.95. The second-order valence-corrected chi connectivity index (χ2v) is 4.08. The Labute approximate surface area is 96.9 Å². The zero-order valence-corrected chi connectivity index (χ0v) is 10.3. The van der Waals surface area contributed by atoms with Gasteiger partial charge in [0.25, 0.3) is 0 Å². The van der Waals surface area contributed by atoms with Crippen molar-refractivity contribution in [3.63, 3.8) is 0 Å². The molecule has 6 heteroatoms. The van der Waals surface area contributed by atoms with Crippen LogP contribution in [0.15, 0.2) is 21.1 Å². The third-order valence-corrected chi connectivity index (χ3v) is 2.57. The number of rotatable bonds is 1. The van der Waals surface area contributed by atoms with Crippen LogP contribution in [0.4, 0.5) is 14.9 Å². The van der Waals surface area contributed by atoms with Gasteiger partial charge in [0.05, 0.1) is 16.1 Å². The van der Waals surface area contributed by atoms with Crippen molar-refractivity contribution in [2.24, 2.45) is 0 Å². The number of anilines is 1. The molecule has 0 unspecified atom stereocenters. The van der Waals surface area contributed by atoms with Crippen molar-refractivity contribution in [1.29, 1.82) is 0 Å². The highest BCUT2D eigenvalue weighted by atomic mass is 79.9. The average Bonchev–Trinajstić information content (AvgIpc) is 2.14. The maximum absolute atomic E-state index is 13.1. The van der Waals surface area contributed by atoms with Crippen molar-refractivity contribution in [2.75, 3.05) is 12.4 Å². The van der Waals surface area contributed by atoms with E-state index in [1.54, 1.807) is 0 Å². The molecule has 0 atom stereocenters. The summed E-state index contributed by atoms with van der Waals surface area (Å²) in [5.74, 6) is -0.416. The molecular formula is C8H6Br2FNO2. The van der Waals surface area contributed by atoms with Gasteiger partial charge in [0.15, 0.2) is 5.82 Å². The van der Waals surface area contributed by atoms with Gasteiger partial charge in [-0.2, -0.15) is 0 Å². The maximum Gasteiger partial charge on any atom is 0.411 e. The minimum absolute atomic E-state index is 0.262. The van der Waals surface area contributed by atoms with Crippen molar-refractivity contribution >= 4 is 43.6 Å². The molecule has 1 aromatic carbocycles. The summed E-state index contributed by atoms with van der Waals surface area (Å²) in [6, 6.07) is 2.88. The van der Waals surface area contributed by atoms with Crippen LogP contribution in [0.25, 0.3) is 0 Å². The number of nitrogens with one attached hydrogen (secondary N) is 1. The molecule has 1 N–H and O–H groups in total. The Morgan fingerprint density at radius 1 is 1.43 bits per heavy atom. The fraction of sp³-hybridized carbons (Fsp3) is 0.125. The Morgan fingerprint density at radius 2 is 1.93 bits per heavy atom. The van der Waals surface area contributed by atoms with Gasteiger partial charge in [-0.3, -0.25) is 5.32 Å². The van der Waals surface area contributed by atoms with Crippen LogP contribution < -0.4 is 5.32 Å². The smallest absolute Gasteiger partial charge is 0.411 e. The topological polar surface area (TPSA) is 38.3 Å². The number of hydrogen-bond donors (Lipinski definition) is 1. The SMILES string of the molecule is COC(=O)Nc1cc(Br)c(F)c(Br)c1. The van der Waals surface area contributed by atoms with Gasteiger partial charge < -0.3 is 4.74 Å². The molecule has 0 bridgehead atoms. The molecule has 3 nitrogen and oxygen atoms in total. The van der Waals surface area contributed by atoms with E-state index < -0.39 is 11.9 Å². The number of hydrogen-bond acceptors (Lipinski definition) is 2. The van der Waals surface area contributed by atoms with E-state index in [0.29, 0.717) is 5.69 Å². The van der Waals surface area contributed by atoms with Crippen LogP contribution in [0.5, 0.6) is 0 Å². The van der Waals surface area contributed by atoms with Crippen LogP contribution in [-0.2, 0) is 4.74 Å². The number of benzene rings is 1. The highest BCUT2D eigenvalue weighted by Crippen LogP contribution is 2.27. The highest BCUT2D eigenvalue weighted by molar-refractivity contribution is 9.11. The van der Waals surface area contributed by atoms with Crippen LogP contribution in [0, 0.1) is 5.82 Å². The van der Waals surface area contributed by atoms with Gasteiger partial charge in [0.1, 0.15) is 0 Å². The van der Waals surface area contributed by atoms with Gasteiger partial charge in [0.2, 0.25) is 0 Å². The standard InChI is InChI=1S/C8H6Br2FNO2/c1-14-8(13)12-4-2-5(9)7(11)6(10)3-4/h2-3H,1H3,(H,12,13). The Morgan fingerprint density at radius 3 is 2.36 bits per heavy atom. The van der Waals surface area contributed by atoms with Crippen LogP contribution >= 0.6 is 31.9 Å². The van der Waals surface area contributed by atoms with E-state index in [1.807, 2.05) is 0 Å². The Bertz CT molecular complexity index is 347. The monoisotopic (exact) mass is 325 g/mol. The summed E-state index contributed by atoms with van der Waals surface area (Å²) in [5.41, 5.74) is 0.442. The van der Waals surface area contributed by atoms with Crippen LogP contribution in [0.3, 0.4) is 0 Å². The molecule has 0 aliphatic rings. The van der Waals surface area contributed by atoms with E-state index in [9.17, 15) is 9.18 Å². The Kier molecular flexibility index (Phi) is 3.88. The summed E-state index contributed by atoms with van der Waals surface area (Å²) < 4.78 is 18.0. The number of amides is 1. The number of ether oxygens (including phenoxy) is 1. The predicted molar refractivity (Wildman–Crippen MR) is 57.8 cm³/mol. The lowest BCUT2D eigenvalue weighted by Crippen LogP contribution is -2.11. The van der Waals surface area contributed by atoms with E-state index in [2.05, 4.69) is 41.9 Å². The van der Waals surface area contributed by atoms with E-state index in [1.165, 1.54) is 19.2 Å². The average molecular weight is 327 g/mol. The van der Waals surface area contributed by atoms with Crippen LogP contribution in [0.1, 0.15) is 0 Å². The lowest BCUT2D eigenvalue weighted by Gasteiger charge is -2.05. The van der Waals surface area contributed by atoms with Gasteiger partial charge >= 0.3 is 6.09 Å². The van der Waals surface area contributed by atoms with Crippen molar-refractivity contribution in [3.8, 4) is 0 Å². The number of carbonyl (C=O) groups is 1. The van der Waals surface area contributed by atoms with Crippen molar-refractivity contribution < 1.29 is 13.9 Å². The molecule has 14 heavy (non-hydrogen) atoms. The molecule has 1 aromatic rings. The minimum atomic E-state index is -0.601. The molecule has 0 heterocycles. The van der Waals surface area contributed by atoms with Gasteiger partial charge in [-0.05, 0) is 44.0 Å². The second kappa shape index (κ2) is 4.75. The van der Waals surface area contributed by atoms with Gasteiger partial charge in [0, 0.05) is 5.69 Å². The summed E-state index contributed by atoms with van der Waals surface area (Å²) in [6.45, 7) is 0. The van der Waals surface area contributed by atoms with Crippen molar-refractivity contribution in [1.82, 2.24) is 0 Å². The van der Waals surface area contributed by atoms with Crippen LogP contribution in [0.2, 0.25) is 0 Å². The zero-order valence-electron chi connectivity index (χ0n) is 7.11. The molecule has 1 amide bonds. The zero-order chi connectivity index (χ0) is 10.7. The molecule has 0 aliphatic carbocycles. The van der Waals surface area contributed by atoms with E-state index in [-0.39, 0.29) is 8.95 Å².